The van der Waals surface area contributed by atoms with Crippen molar-refractivity contribution >= 4 is 5.84 Å². The molecule has 0 unspecified atom stereocenters. The SMILES string of the molecule is N/C(=N/O)c1ccc(COCCC(F)(F)F)cc1. The molecule has 0 fully saturated rings. The summed E-state index contributed by atoms with van der Waals surface area (Å²) in [4.78, 5) is 0. The van der Waals surface area contributed by atoms with Crippen LogP contribution in [0.4, 0.5) is 13.2 Å². The van der Waals surface area contributed by atoms with Gasteiger partial charge in [0.1, 0.15) is 0 Å². The Hall–Kier alpha value is -1.76. The van der Waals surface area contributed by atoms with Crippen molar-refractivity contribution in [2.45, 2.75) is 19.2 Å². The maximum atomic E-state index is 11.8. The van der Waals surface area contributed by atoms with E-state index < -0.39 is 12.6 Å². The normalized spacial score (nSPS) is 12.7. The quantitative estimate of drug-likeness (QED) is 0.281. The molecule has 0 radical (unpaired) electrons. The van der Waals surface area contributed by atoms with Gasteiger partial charge in [-0.1, -0.05) is 29.4 Å². The first-order valence-corrected chi connectivity index (χ1v) is 5.14. The number of nitrogens with two attached hydrogens (primary N) is 1. The van der Waals surface area contributed by atoms with Crippen molar-refractivity contribution in [2.24, 2.45) is 10.9 Å². The highest BCUT2D eigenvalue weighted by molar-refractivity contribution is 5.96. The van der Waals surface area contributed by atoms with E-state index in [0.29, 0.717) is 11.1 Å². The Kier molecular flexibility index (Phi) is 4.96. The average Bonchev–Trinajstić information content (AvgIpc) is 2.33. The van der Waals surface area contributed by atoms with Crippen LogP contribution in [0.3, 0.4) is 0 Å². The summed E-state index contributed by atoms with van der Waals surface area (Å²) in [5, 5.41) is 11.3. The summed E-state index contributed by atoms with van der Waals surface area (Å²) in [5.74, 6) is -0.0282. The van der Waals surface area contributed by atoms with E-state index in [1.165, 1.54) is 0 Å². The van der Waals surface area contributed by atoms with Gasteiger partial charge in [0.15, 0.2) is 5.84 Å². The predicted molar refractivity (Wildman–Crippen MR) is 59.3 cm³/mol. The Morgan fingerprint density at radius 2 is 1.89 bits per heavy atom. The van der Waals surface area contributed by atoms with E-state index >= 15 is 0 Å². The zero-order valence-corrected chi connectivity index (χ0v) is 9.44. The highest BCUT2D eigenvalue weighted by Crippen LogP contribution is 2.19. The predicted octanol–water partition coefficient (Wildman–Crippen LogP) is 2.25. The number of rotatable bonds is 5. The van der Waals surface area contributed by atoms with Gasteiger partial charge in [0.25, 0.3) is 0 Å². The fourth-order valence-electron chi connectivity index (χ4n) is 1.21. The topological polar surface area (TPSA) is 67.8 Å². The molecule has 0 spiro atoms. The van der Waals surface area contributed by atoms with Crippen LogP contribution in [0.15, 0.2) is 29.4 Å². The largest absolute Gasteiger partial charge is 0.409 e. The summed E-state index contributed by atoms with van der Waals surface area (Å²) in [7, 11) is 0. The van der Waals surface area contributed by atoms with Crippen molar-refractivity contribution in [2.75, 3.05) is 6.61 Å². The second-order valence-corrected chi connectivity index (χ2v) is 3.60. The van der Waals surface area contributed by atoms with Crippen molar-refractivity contribution in [1.82, 2.24) is 0 Å². The van der Waals surface area contributed by atoms with Gasteiger partial charge in [0.05, 0.1) is 19.6 Å². The summed E-state index contributed by atoms with van der Waals surface area (Å²) in [6, 6.07) is 6.47. The molecule has 0 saturated carbocycles. The van der Waals surface area contributed by atoms with Gasteiger partial charge in [0.2, 0.25) is 0 Å². The molecule has 0 aliphatic carbocycles. The lowest BCUT2D eigenvalue weighted by Crippen LogP contribution is -2.13. The molecule has 0 heterocycles. The molecule has 4 nitrogen and oxygen atoms in total. The zero-order chi connectivity index (χ0) is 13.6. The minimum atomic E-state index is -4.20. The Labute approximate surface area is 102 Å². The Balaban J connectivity index is 2.40. The molecule has 7 heteroatoms. The van der Waals surface area contributed by atoms with Crippen LogP contribution in [-0.4, -0.2) is 23.8 Å². The van der Waals surface area contributed by atoms with Gasteiger partial charge < -0.3 is 15.7 Å². The van der Waals surface area contributed by atoms with E-state index in [4.69, 9.17) is 15.7 Å². The van der Waals surface area contributed by atoms with E-state index in [9.17, 15) is 13.2 Å². The number of alkyl halides is 3. The Morgan fingerprint density at radius 1 is 1.28 bits per heavy atom. The van der Waals surface area contributed by atoms with Crippen LogP contribution in [0.2, 0.25) is 0 Å². The lowest BCUT2D eigenvalue weighted by molar-refractivity contribution is -0.146. The van der Waals surface area contributed by atoms with Crippen LogP contribution in [0.5, 0.6) is 0 Å². The molecule has 1 rings (SSSR count). The third-order valence-electron chi connectivity index (χ3n) is 2.16. The van der Waals surface area contributed by atoms with Crippen molar-refractivity contribution in [3.63, 3.8) is 0 Å². The fourth-order valence-corrected chi connectivity index (χ4v) is 1.21. The average molecular weight is 262 g/mol. The zero-order valence-electron chi connectivity index (χ0n) is 9.44. The van der Waals surface area contributed by atoms with Crippen LogP contribution in [0.1, 0.15) is 17.5 Å². The highest BCUT2D eigenvalue weighted by Gasteiger charge is 2.26. The maximum absolute atomic E-state index is 11.8. The van der Waals surface area contributed by atoms with Crippen LogP contribution in [0, 0.1) is 0 Å². The van der Waals surface area contributed by atoms with E-state index in [-0.39, 0.29) is 19.0 Å². The molecule has 0 aliphatic heterocycles. The molecule has 1 aromatic rings. The third kappa shape index (κ3) is 5.05. The van der Waals surface area contributed by atoms with Gasteiger partial charge in [-0.25, -0.2) is 0 Å². The minimum absolute atomic E-state index is 0.0282. The molecule has 0 saturated heterocycles. The molecule has 0 bridgehead atoms. The number of halogens is 3. The lowest BCUT2D eigenvalue weighted by Gasteiger charge is -2.07. The molecule has 100 valence electrons. The number of hydrogen-bond acceptors (Lipinski definition) is 3. The molecule has 1 aromatic carbocycles. The Morgan fingerprint density at radius 3 is 2.39 bits per heavy atom. The number of nitrogens with zero attached hydrogens (tertiary/aromatic N) is 1. The van der Waals surface area contributed by atoms with Crippen molar-refractivity contribution in [3.05, 3.63) is 35.4 Å². The fraction of sp³-hybridized carbons (Fsp3) is 0.364. The van der Waals surface area contributed by atoms with E-state index in [2.05, 4.69) is 5.16 Å². The number of hydrogen-bond donors (Lipinski definition) is 2. The maximum Gasteiger partial charge on any atom is 0.391 e. The van der Waals surface area contributed by atoms with Gasteiger partial charge in [-0.2, -0.15) is 13.2 Å². The van der Waals surface area contributed by atoms with Crippen molar-refractivity contribution < 1.29 is 23.1 Å². The number of amidine groups is 1. The van der Waals surface area contributed by atoms with Gasteiger partial charge >= 0.3 is 6.18 Å². The molecule has 0 aliphatic rings. The summed E-state index contributed by atoms with van der Waals surface area (Å²) >= 11 is 0. The van der Waals surface area contributed by atoms with Gasteiger partial charge in [-0.05, 0) is 5.56 Å². The van der Waals surface area contributed by atoms with Crippen LogP contribution >= 0.6 is 0 Å². The summed E-state index contributed by atoms with van der Waals surface area (Å²) in [5.41, 5.74) is 6.60. The van der Waals surface area contributed by atoms with Gasteiger partial charge in [-0.15, -0.1) is 0 Å². The second kappa shape index (κ2) is 6.25. The molecule has 0 amide bonds. The highest BCUT2D eigenvalue weighted by atomic mass is 19.4. The van der Waals surface area contributed by atoms with E-state index in [1.54, 1.807) is 24.3 Å². The standard InChI is InChI=1S/C11H13F3N2O2/c12-11(13,14)5-6-18-7-8-1-3-9(4-2-8)10(15)16-17/h1-4,17H,5-7H2,(H2,15,16). The van der Waals surface area contributed by atoms with Gasteiger partial charge in [0, 0.05) is 5.56 Å². The number of benzene rings is 1. The molecular formula is C11H13F3N2O2. The van der Waals surface area contributed by atoms with Crippen molar-refractivity contribution in [1.29, 1.82) is 0 Å². The molecule has 3 N–H and O–H groups in total. The second-order valence-electron chi connectivity index (χ2n) is 3.60. The molecule has 0 aromatic heterocycles. The first kappa shape index (κ1) is 14.3. The van der Waals surface area contributed by atoms with E-state index in [1.807, 2.05) is 0 Å². The van der Waals surface area contributed by atoms with Crippen molar-refractivity contribution in [3.8, 4) is 0 Å². The van der Waals surface area contributed by atoms with Crippen LogP contribution in [0.25, 0.3) is 0 Å². The number of ether oxygens (including phenoxy) is 1. The van der Waals surface area contributed by atoms with Gasteiger partial charge in [-0.3, -0.25) is 0 Å². The van der Waals surface area contributed by atoms with Crippen LogP contribution in [-0.2, 0) is 11.3 Å². The first-order valence-electron chi connectivity index (χ1n) is 5.14. The first-order chi connectivity index (χ1) is 8.42. The monoisotopic (exact) mass is 262 g/mol. The minimum Gasteiger partial charge on any atom is -0.409 e. The third-order valence-corrected chi connectivity index (χ3v) is 2.16. The Bertz CT molecular complexity index is 402. The molecule has 18 heavy (non-hydrogen) atoms. The van der Waals surface area contributed by atoms with Crippen LogP contribution < -0.4 is 5.73 Å². The summed E-state index contributed by atoms with van der Waals surface area (Å²) in [6.07, 6.45) is -5.16. The summed E-state index contributed by atoms with van der Waals surface area (Å²) in [6.45, 7) is -0.280. The summed E-state index contributed by atoms with van der Waals surface area (Å²) < 4.78 is 40.4. The molecule has 0 atom stereocenters. The number of oxime groups is 1. The smallest absolute Gasteiger partial charge is 0.391 e. The lowest BCUT2D eigenvalue weighted by atomic mass is 10.1. The van der Waals surface area contributed by atoms with E-state index in [0.717, 1.165) is 0 Å². The molecular weight excluding hydrogens is 249 g/mol.